The van der Waals surface area contributed by atoms with E-state index in [2.05, 4.69) is 20.4 Å². The Morgan fingerprint density at radius 2 is 1.78 bits per heavy atom. The zero-order chi connectivity index (χ0) is 12.5. The van der Waals surface area contributed by atoms with Crippen molar-refractivity contribution in [3.8, 4) is 21.1 Å². The summed E-state index contributed by atoms with van der Waals surface area (Å²) in [5.41, 5.74) is 6.69. The SMILES string of the molecule is Nc1[nH][nH]c(=O)c1-c1nnc(-c2ccccc2)s1. The molecule has 0 spiro atoms. The van der Waals surface area contributed by atoms with Crippen molar-refractivity contribution in [1.29, 1.82) is 0 Å². The Morgan fingerprint density at radius 3 is 2.44 bits per heavy atom. The molecule has 0 aliphatic carbocycles. The maximum absolute atomic E-state index is 11.6. The number of hydrogen-bond donors (Lipinski definition) is 3. The standard InChI is InChI=1S/C11H9N5OS/c12-8-7(9(17)14-13-8)11-16-15-10(18-11)6-4-2-1-3-5-6/h1-5H,(H4,12,13,14,17). The van der Waals surface area contributed by atoms with Gasteiger partial charge in [-0.15, -0.1) is 10.2 Å². The maximum Gasteiger partial charge on any atom is 0.276 e. The summed E-state index contributed by atoms with van der Waals surface area (Å²) in [6, 6.07) is 9.66. The molecule has 0 amide bonds. The molecule has 3 rings (SSSR count). The van der Waals surface area contributed by atoms with Crippen LogP contribution < -0.4 is 11.3 Å². The first kappa shape index (κ1) is 10.7. The number of aromatic nitrogens is 4. The second-order valence-corrected chi connectivity index (χ2v) is 4.62. The normalized spacial score (nSPS) is 10.7. The van der Waals surface area contributed by atoms with Crippen LogP contribution in [0.15, 0.2) is 35.1 Å². The van der Waals surface area contributed by atoms with E-state index in [0.717, 1.165) is 10.6 Å². The van der Waals surface area contributed by atoms with Gasteiger partial charge in [0, 0.05) is 5.56 Å². The smallest absolute Gasteiger partial charge is 0.276 e. The predicted molar refractivity (Wildman–Crippen MR) is 70.2 cm³/mol. The summed E-state index contributed by atoms with van der Waals surface area (Å²) in [4.78, 5) is 11.6. The van der Waals surface area contributed by atoms with Gasteiger partial charge < -0.3 is 5.73 Å². The molecule has 0 radical (unpaired) electrons. The maximum atomic E-state index is 11.6. The second kappa shape index (κ2) is 4.11. The van der Waals surface area contributed by atoms with Crippen molar-refractivity contribution in [3.63, 3.8) is 0 Å². The van der Waals surface area contributed by atoms with Crippen LogP contribution in [0.25, 0.3) is 21.1 Å². The van der Waals surface area contributed by atoms with Gasteiger partial charge in [0.25, 0.3) is 5.56 Å². The van der Waals surface area contributed by atoms with Crippen molar-refractivity contribution in [3.05, 3.63) is 40.7 Å². The first-order valence-electron chi connectivity index (χ1n) is 5.21. The van der Waals surface area contributed by atoms with E-state index >= 15 is 0 Å². The van der Waals surface area contributed by atoms with E-state index in [4.69, 9.17) is 5.73 Å². The molecular formula is C11H9N5OS. The van der Waals surface area contributed by atoms with Crippen LogP contribution in [0.3, 0.4) is 0 Å². The number of aromatic amines is 2. The van der Waals surface area contributed by atoms with Crippen molar-refractivity contribution in [1.82, 2.24) is 20.4 Å². The van der Waals surface area contributed by atoms with Gasteiger partial charge in [0.15, 0.2) is 5.01 Å². The van der Waals surface area contributed by atoms with Crippen LogP contribution in [0.5, 0.6) is 0 Å². The minimum Gasteiger partial charge on any atom is -0.383 e. The summed E-state index contributed by atoms with van der Waals surface area (Å²) < 4.78 is 0. The molecule has 0 unspecified atom stereocenters. The summed E-state index contributed by atoms with van der Waals surface area (Å²) in [7, 11) is 0. The third-order valence-corrected chi connectivity index (χ3v) is 3.46. The Hall–Kier alpha value is -2.41. The van der Waals surface area contributed by atoms with Crippen LogP contribution in [0.2, 0.25) is 0 Å². The molecule has 6 nitrogen and oxygen atoms in total. The second-order valence-electron chi connectivity index (χ2n) is 3.65. The van der Waals surface area contributed by atoms with Crippen LogP contribution in [0, 0.1) is 0 Å². The summed E-state index contributed by atoms with van der Waals surface area (Å²) in [6.07, 6.45) is 0. The van der Waals surface area contributed by atoms with Crippen LogP contribution >= 0.6 is 11.3 Å². The molecule has 0 bridgehead atoms. The zero-order valence-electron chi connectivity index (χ0n) is 9.18. The van der Waals surface area contributed by atoms with E-state index in [-0.39, 0.29) is 11.4 Å². The van der Waals surface area contributed by atoms with Crippen molar-refractivity contribution < 1.29 is 0 Å². The highest BCUT2D eigenvalue weighted by atomic mass is 32.1. The molecule has 2 heterocycles. The van der Waals surface area contributed by atoms with E-state index in [1.165, 1.54) is 11.3 Å². The molecule has 7 heteroatoms. The fraction of sp³-hybridized carbons (Fsp3) is 0. The monoisotopic (exact) mass is 259 g/mol. The number of rotatable bonds is 2. The van der Waals surface area contributed by atoms with Crippen LogP contribution in [0.1, 0.15) is 0 Å². The van der Waals surface area contributed by atoms with Gasteiger partial charge in [-0.3, -0.25) is 15.0 Å². The average molecular weight is 259 g/mol. The van der Waals surface area contributed by atoms with E-state index in [1.807, 2.05) is 30.3 Å². The molecule has 0 saturated heterocycles. The molecule has 2 aromatic heterocycles. The fourth-order valence-electron chi connectivity index (χ4n) is 1.61. The number of nitrogens with one attached hydrogen (secondary N) is 2. The van der Waals surface area contributed by atoms with Gasteiger partial charge in [-0.25, -0.2) is 0 Å². The number of nitrogens with zero attached hydrogens (tertiary/aromatic N) is 2. The van der Waals surface area contributed by atoms with Crippen LogP contribution in [0.4, 0.5) is 5.82 Å². The molecule has 18 heavy (non-hydrogen) atoms. The largest absolute Gasteiger partial charge is 0.383 e. The third-order valence-electron chi connectivity index (χ3n) is 2.47. The number of hydrogen-bond acceptors (Lipinski definition) is 5. The highest BCUT2D eigenvalue weighted by Gasteiger charge is 2.15. The lowest BCUT2D eigenvalue weighted by Gasteiger charge is -1.91. The van der Waals surface area contributed by atoms with Crippen molar-refractivity contribution >= 4 is 17.2 Å². The van der Waals surface area contributed by atoms with Gasteiger partial charge in [-0.2, -0.15) is 0 Å². The Balaban J connectivity index is 2.08. The molecule has 3 aromatic rings. The number of nitrogen functional groups attached to an aromatic ring is 1. The Kier molecular flexibility index (Phi) is 2.45. The summed E-state index contributed by atoms with van der Waals surface area (Å²) in [6.45, 7) is 0. The van der Waals surface area contributed by atoms with E-state index < -0.39 is 0 Å². The Labute approximate surface area is 105 Å². The van der Waals surface area contributed by atoms with Gasteiger partial charge in [-0.05, 0) is 0 Å². The van der Waals surface area contributed by atoms with Crippen molar-refractivity contribution in [2.24, 2.45) is 0 Å². The predicted octanol–water partition coefficient (Wildman–Crippen LogP) is 1.47. The summed E-state index contributed by atoms with van der Waals surface area (Å²) >= 11 is 1.33. The number of anilines is 1. The molecule has 90 valence electrons. The Morgan fingerprint density at radius 1 is 1.06 bits per heavy atom. The molecule has 0 aliphatic heterocycles. The van der Waals surface area contributed by atoms with Crippen molar-refractivity contribution in [2.45, 2.75) is 0 Å². The van der Waals surface area contributed by atoms with Crippen LogP contribution in [-0.4, -0.2) is 20.4 Å². The van der Waals surface area contributed by atoms with Crippen molar-refractivity contribution in [2.75, 3.05) is 5.73 Å². The van der Waals surface area contributed by atoms with Gasteiger partial charge in [0.1, 0.15) is 16.4 Å². The zero-order valence-corrected chi connectivity index (χ0v) is 9.99. The fourth-order valence-corrected chi connectivity index (χ4v) is 2.51. The third kappa shape index (κ3) is 1.70. The lowest BCUT2D eigenvalue weighted by atomic mass is 10.2. The van der Waals surface area contributed by atoms with Gasteiger partial charge >= 0.3 is 0 Å². The average Bonchev–Trinajstić information content (AvgIpc) is 2.98. The van der Waals surface area contributed by atoms with E-state index in [9.17, 15) is 4.79 Å². The molecule has 0 aliphatic rings. The quantitative estimate of drug-likeness (QED) is 0.648. The summed E-state index contributed by atoms with van der Waals surface area (Å²) in [5.74, 6) is 0.274. The molecular weight excluding hydrogens is 250 g/mol. The highest BCUT2D eigenvalue weighted by molar-refractivity contribution is 7.18. The van der Waals surface area contributed by atoms with Crippen LogP contribution in [-0.2, 0) is 0 Å². The van der Waals surface area contributed by atoms with Gasteiger partial charge in [0.05, 0.1) is 0 Å². The highest BCUT2D eigenvalue weighted by Crippen LogP contribution is 2.29. The molecule has 1 aromatic carbocycles. The molecule has 4 N–H and O–H groups in total. The topological polar surface area (TPSA) is 100 Å². The van der Waals surface area contributed by atoms with Gasteiger partial charge in [-0.1, -0.05) is 41.7 Å². The lowest BCUT2D eigenvalue weighted by Crippen LogP contribution is -2.02. The van der Waals surface area contributed by atoms with Gasteiger partial charge in [0.2, 0.25) is 0 Å². The first-order chi connectivity index (χ1) is 8.75. The minimum absolute atomic E-state index is 0.274. The molecule has 0 atom stereocenters. The minimum atomic E-state index is -0.289. The Bertz CT molecular complexity index is 727. The first-order valence-corrected chi connectivity index (χ1v) is 6.03. The summed E-state index contributed by atoms with van der Waals surface area (Å²) in [5, 5.41) is 14.3. The molecule has 0 saturated carbocycles. The van der Waals surface area contributed by atoms with E-state index in [0.29, 0.717) is 10.6 Å². The lowest BCUT2D eigenvalue weighted by molar-refractivity contribution is 1.06. The molecule has 0 fully saturated rings. The van der Waals surface area contributed by atoms with E-state index in [1.54, 1.807) is 0 Å². The number of benzene rings is 1. The number of H-pyrrole nitrogens is 2. The number of nitrogens with two attached hydrogens (primary N) is 1.